The first-order valence-corrected chi connectivity index (χ1v) is 9.03. The molecule has 0 saturated heterocycles. The summed E-state index contributed by atoms with van der Waals surface area (Å²) in [4.78, 5) is 25.9. The molecule has 6 heteroatoms. The third kappa shape index (κ3) is 5.09. The molecule has 2 aromatic rings. The highest BCUT2D eigenvalue weighted by Gasteiger charge is 2.07. The van der Waals surface area contributed by atoms with Gasteiger partial charge in [0.2, 0.25) is 5.91 Å². The quantitative estimate of drug-likeness (QED) is 0.771. The minimum absolute atomic E-state index is 0.115. The van der Waals surface area contributed by atoms with E-state index in [0.717, 1.165) is 24.5 Å². The number of hydrogen-bond acceptors (Lipinski definition) is 4. The molecule has 0 aliphatic rings. The van der Waals surface area contributed by atoms with Crippen molar-refractivity contribution in [3.05, 3.63) is 46.7 Å². The average Bonchev–Trinajstić information content (AvgIpc) is 3.12. The Kier molecular flexibility index (Phi) is 6.81. The normalized spacial score (nSPS) is 10.2. The number of nitrogens with one attached hydrogen (secondary N) is 2. The van der Waals surface area contributed by atoms with Crippen molar-refractivity contribution < 1.29 is 9.59 Å². The SMILES string of the molecule is CCN(CC)c1ccc(NC(=O)CCNC(=O)c2ccsc2)cc1. The van der Waals surface area contributed by atoms with Crippen LogP contribution in [0.15, 0.2) is 41.1 Å². The molecule has 1 aromatic carbocycles. The standard InChI is InChI=1S/C18H23N3O2S/c1-3-21(4-2)16-7-5-15(6-8-16)20-17(22)9-11-19-18(23)14-10-12-24-13-14/h5-8,10,12-13H,3-4,9,11H2,1-2H3,(H,19,23)(H,20,22). The number of hydrogen-bond donors (Lipinski definition) is 2. The Labute approximate surface area is 146 Å². The summed E-state index contributed by atoms with van der Waals surface area (Å²) < 4.78 is 0. The van der Waals surface area contributed by atoms with Gasteiger partial charge in [-0.25, -0.2) is 0 Å². The Morgan fingerprint density at radius 3 is 2.38 bits per heavy atom. The number of amides is 2. The Balaban J connectivity index is 1.77. The van der Waals surface area contributed by atoms with Gasteiger partial charge in [-0.05, 0) is 49.6 Å². The predicted octanol–water partition coefficient (Wildman–Crippen LogP) is 3.35. The summed E-state index contributed by atoms with van der Waals surface area (Å²) in [5.74, 6) is -0.260. The van der Waals surface area contributed by atoms with Crippen molar-refractivity contribution in [3.63, 3.8) is 0 Å². The van der Waals surface area contributed by atoms with E-state index >= 15 is 0 Å². The molecule has 0 saturated carbocycles. The summed E-state index contributed by atoms with van der Waals surface area (Å²) >= 11 is 1.47. The number of anilines is 2. The van der Waals surface area contributed by atoms with Gasteiger partial charge in [0, 0.05) is 48.4 Å². The summed E-state index contributed by atoms with van der Waals surface area (Å²) in [5.41, 5.74) is 2.54. The number of nitrogens with zero attached hydrogens (tertiary/aromatic N) is 1. The molecule has 0 aliphatic carbocycles. The van der Waals surface area contributed by atoms with E-state index in [0.29, 0.717) is 12.1 Å². The number of carbonyl (C=O) groups excluding carboxylic acids is 2. The molecule has 0 bridgehead atoms. The van der Waals surface area contributed by atoms with Crippen LogP contribution in [0.3, 0.4) is 0 Å². The Bertz CT molecular complexity index is 649. The summed E-state index contributed by atoms with van der Waals surface area (Å²) in [6.07, 6.45) is 0.244. The van der Waals surface area contributed by atoms with Crippen LogP contribution in [0.25, 0.3) is 0 Å². The minimum atomic E-state index is -0.146. The third-order valence-corrected chi connectivity index (χ3v) is 4.38. The minimum Gasteiger partial charge on any atom is -0.372 e. The second kappa shape index (κ2) is 9.08. The predicted molar refractivity (Wildman–Crippen MR) is 99.9 cm³/mol. The number of benzene rings is 1. The van der Waals surface area contributed by atoms with Gasteiger partial charge in [0.15, 0.2) is 0 Å². The van der Waals surface area contributed by atoms with Crippen LogP contribution in [-0.2, 0) is 4.79 Å². The van der Waals surface area contributed by atoms with Crippen LogP contribution < -0.4 is 15.5 Å². The Hall–Kier alpha value is -2.34. The Morgan fingerprint density at radius 2 is 1.79 bits per heavy atom. The molecule has 5 nitrogen and oxygen atoms in total. The lowest BCUT2D eigenvalue weighted by molar-refractivity contribution is -0.116. The van der Waals surface area contributed by atoms with Crippen molar-refractivity contribution in [2.75, 3.05) is 29.9 Å². The van der Waals surface area contributed by atoms with Gasteiger partial charge in [0.05, 0.1) is 0 Å². The monoisotopic (exact) mass is 345 g/mol. The molecule has 2 N–H and O–H groups in total. The topological polar surface area (TPSA) is 61.4 Å². The summed E-state index contributed by atoms with van der Waals surface area (Å²) in [6, 6.07) is 9.56. The van der Waals surface area contributed by atoms with E-state index in [2.05, 4.69) is 29.4 Å². The van der Waals surface area contributed by atoms with Gasteiger partial charge in [0.25, 0.3) is 5.91 Å². The fourth-order valence-corrected chi connectivity index (χ4v) is 2.99. The molecule has 0 radical (unpaired) electrons. The largest absolute Gasteiger partial charge is 0.372 e. The molecule has 1 heterocycles. The van der Waals surface area contributed by atoms with Crippen molar-refractivity contribution >= 4 is 34.5 Å². The van der Waals surface area contributed by atoms with E-state index in [1.807, 2.05) is 29.6 Å². The van der Waals surface area contributed by atoms with Crippen molar-refractivity contribution in [1.29, 1.82) is 0 Å². The number of rotatable bonds is 8. The van der Waals surface area contributed by atoms with Crippen LogP contribution in [0, 0.1) is 0 Å². The van der Waals surface area contributed by atoms with Crippen LogP contribution in [0.2, 0.25) is 0 Å². The highest BCUT2D eigenvalue weighted by atomic mass is 32.1. The molecule has 0 fully saturated rings. The lowest BCUT2D eigenvalue weighted by atomic mass is 10.2. The second-order valence-electron chi connectivity index (χ2n) is 5.29. The molecule has 2 amide bonds. The lowest BCUT2D eigenvalue weighted by Gasteiger charge is -2.21. The fourth-order valence-electron chi connectivity index (χ4n) is 2.35. The smallest absolute Gasteiger partial charge is 0.252 e. The summed E-state index contributed by atoms with van der Waals surface area (Å²) in [5, 5.41) is 9.22. The molecule has 0 spiro atoms. The van der Waals surface area contributed by atoms with Crippen molar-refractivity contribution in [3.8, 4) is 0 Å². The number of thiophene rings is 1. The van der Waals surface area contributed by atoms with E-state index in [1.165, 1.54) is 11.3 Å². The molecule has 128 valence electrons. The van der Waals surface area contributed by atoms with Crippen LogP contribution in [0.1, 0.15) is 30.6 Å². The van der Waals surface area contributed by atoms with Gasteiger partial charge >= 0.3 is 0 Å². The van der Waals surface area contributed by atoms with Gasteiger partial charge in [0.1, 0.15) is 0 Å². The van der Waals surface area contributed by atoms with Crippen molar-refractivity contribution in [2.45, 2.75) is 20.3 Å². The molecule has 0 atom stereocenters. The first kappa shape index (κ1) is 18.0. The molecule has 1 aromatic heterocycles. The zero-order valence-electron chi connectivity index (χ0n) is 14.0. The van der Waals surface area contributed by atoms with Crippen LogP contribution in [0.4, 0.5) is 11.4 Å². The molecule has 24 heavy (non-hydrogen) atoms. The molecule has 0 unspecified atom stereocenters. The maximum Gasteiger partial charge on any atom is 0.252 e. The third-order valence-electron chi connectivity index (χ3n) is 3.70. The maximum absolute atomic E-state index is 11.9. The zero-order chi connectivity index (χ0) is 17.4. The maximum atomic E-state index is 11.9. The van der Waals surface area contributed by atoms with E-state index in [9.17, 15) is 9.59 Å². The summed E-state index contributed by atoms with van der Waals surface area (Å²) in [7, 11) is 0. The van der Waals surface area contributed by atoms with E-state index in [1.54, 1.807) is 11.4 Å². The highest BCUT2D eigenvalue weighted by Crippen LogP contribution is 2.17. The van der Waals surface area contributed by atoms with Crippen LogP contribution >= 0.6 is 11.3 Å². The van der Waals surface area contributed by atoms with Crippen LogP contribution in [0.5, 0.6) is 0 Å². The first-order chi connectivity index (χ1) is 11.6. The van der Waals surface area contributed by atoms with Gasteiger partial charge in [-0.2, -0.15) is 11.3 Å². The zero-order valence-corrected chi connectivity index (χ0v) is 14.9. The summed E-state index contributed by atoms with van der Waals surface area (Å²) in [6.45, 7) is 6.45. The number of carbonyl (C=O) groups is 2. The van der Waals surface area contributed by atoms with E-state index < -0.39 is 0 Å². The van der Waals surface area contributed by atoms with E-state index in [4.69, 9.17) is 0 Å². The fraction of sp³-hybridized carbons (Fsp3) is 0.333. The van der Waals surface area contributed by atoms with Crippen molar-refractivity contribution in [2.24, 2.45) is 0 Å². The molecular weight excluding hydrogens is 322 g/mol. The van der Waals surface area contributed by atoms with Gasteiger partial charge in [-0.3, -0.25) is 9.59 Å². The highest BCUT2D eigenvalue weighted by molar-refractivity contribution is 7.08. The molecule has 2 rings (SSSR count). The van der Waals surface area contributed by atoms with Gasteiger partial charge in [-0.15, -0.1) is 0 Å². The van der Waals surface area contributed by atoms with Crippen molar-refractivity contribution in [1.82, 2.24) is 5.32 Å². The average molecular weight is 345 g/mol. The van der Waals surface area contributed by atoms with Gasteiger partial charge < -0.3 is 15.5 Å². The Morgan fingerprint density at radius 1 is 1.08 bits per heavy atom. The molecular formula is C18H23N3O2S. The lowest BCUT2D eigenvalue weighted by Crippen LogP contribution is -2.27. The van der Waals surface area contributed by atoms with Gasteiger partial charge in [-0.1, -0.05) is 0 Å². The first-order valence-electron chi connectivity index (χ1n) is 8.09. The van der Waals surface area contributed by atoms with Crippen LogP contribution in [-0.4, -0.2) is 31.4 Å². The molecule has 0 aliphatic heterocycles. The van der Waals surface area contributed by atoms with E-state index in [-0.39, 0.29) is 18.2 Å². The second-order valence-corrected chi connectivity index (χ2v) is 6.07.